The molecule has 0 bridgehead atoms. The van der Waals surface area contributed by atoms with Crippen molar-refractivity contribution < 1.29 is 57.8 Å². The Morgan fingerprint density at radius 2 is 0.905 bits per heavy atom. The van der Waals surface area contributed by atoms with Crippen LogP contribution in [0.4, 0.5) is 34.5 Å². The molecule has 7 rings (SSSR count). The molecular weight excluding hydrogens is 1100 g/mol. The highest BCUT2D eigenvalue weighted by Crippen LogP contribution is 2.20. The van der Waals surface area contributed by atoms with Crippen LogP contribution in [0.15, 0.2) is 67.8 Å². The number of rotatable bonds is 24. The van der Waals surface area contributed by atoms with Crippen LogP contribution in [0.2, 0.25) is 0 Å². The predicted molar refractivity (Wildman–Crippen MR) is 299 cm³/mol. The molecule has 7 aromatic heterocycles. The standard InChI is InChI=1S/C51H61N21O12/c1-9-10-39(75)72(36-27-71(8)43(63-36)49(82)54-15-11-37(73)56-28-19-32(67(4)22-28)46(79)62-35-26-69(6)42(61-35)48(81)55-16-13-40(76)77)64-47(80)33-21-30(24-68(33)5)58-51(84)44-60-34(25-70(44)7)59-38(74)12-14-53-45(78)31-20-29(23-66(31)3)57-50(83)41-52-17-18-65(41)2/h17-27H,9-16H2,1-8H3,(H,53,78)(H,54,82)(H,55,81)(H,56,73)(H,57,83)(H,58,84)(H,59,74)(H,62,79)(H,64,80)(H,76,77). The number of anilines is 6. The van der Waals surface area contributed by atoms with Gasteiger partial charge in [0.05, 0.1) is 29.7 Å². The van der Waals surface area contributed by atoms with Gasteiger partial charge in [0.15, 0.2) is 23.3 Å². The average Bonchev–Trinajstić information content (AvgIpc) is 4.25. The maximum absolute atomic E-state index is 13.8. The van der Waals surface area contributed by atoms with Crippen LogP contribution in [-0.2, 0) is 68.5 Å². The lowest BCUT2D eigenvalue weighted by atomic mass is 10.3. The van der Waals surface area contributed by atoms with Gasteiger partial charge >= 0.3 is 5.97 Å². The van der Waals surface area contributed by atoms with E-state index < -0.39 is 65.0 Å². The van der Waals surface area contributed by atoms with Crippen LogP contribution in [0.5, 0.6) is 0 Å². The number of nitrogens with zero attached hydrogens (tertiary/aromatic N) is 12. The van der Waals surface area contributed by atoms with Crippen LogP contribution < -0.4 is 53.0 Å². The van der Waals surface area contributed by atoms with Gasteiger partial charge in [0.1, 0.15) is 17.1 Å². The number of hydrogen-bond acceptors (Lipinski definition) is 15. The number of hydrazine groups is 1. The summed E-state index contributed by atoms with van der Waals surface area (Å²) >= 11 is 0. The van der Waals surface area contributed by atoms with Crippen molar-refractivity contribution in [3.63, 3.8) is 0 Å². The van der Waals surface area contributed by atoms with Crippen LogP contribution in [-0.4, -0.2) is 142 Å². The van der Waals surface area contributed by atoms with Crippen LogP contribution in [0.3, 0.4) is 0 Å². The van der Waals surface area contributed by atoms with E-state index >= 15 is 0 Å². The molecule has 7 aromatic rings. The first-order valence-electron chi connectivity index (χ1n) is 25.7. The van der Waals surface area contributed by atoms with Crippen molar-refractivity contribution in [2.75, 3.05) is 51.2 Å². The third-order valence-corrected chi connectivity index (χ3v) is 12.3. The summed E-state index contributed by atoms with van der Waals surface area (Å²) < 4.78 is 9.97. The summed E-state index contributed by atoms with van der Waals surface area (Å²) in [7, 11) is 10.9. The number of imidazole rings is 4. The first kappa shape index (κ1) is 60.5. The summed E-state index contributed by atoms with van der Waals surface area (Å²) in [6.07, 6.45) is 11.5. The second kappa shape index (κ2) is 26.4. The number of amides is 10. The summed E-state index contributed by atoms with van der Waals surface area (Å²) in [5.41, 5.74) is 3.69. The molecule has 0 atom stereocenters. The van der Waals surface area contributed by atoms with Crippen molar-refractivity contribution in [2.45, 2.75) is 39.0 Å². The molecule has 442 valence electrons. The Morgan fingerprint density at radius 3 is 1.44 bits per heavy atom. The Kier molecular flexibility index (Phi) is 19.0. The SMILES string of the molecule is CCCC(=O)N(NC(=O)c1cc(NC(=O)c2nc(NC(=O)CCNC(=O)c3cc(NC(=O)c4nccn4C)cn3C)cn2C)cn1C)c1cn(C)c(C(=O)NCCC(=O)Nc2cc(C(=O)Nc3cn(C)c(C(=O)NCCC(=O)O)n3)n(C)c2)n1. The lowest BCUT2D eigenvalue weighted by Gasteiger charge is -2.21. The van der Waals surface area contributed by atoms with E-state index in [4.69, 9.17) is 5.11 Å². The van der Waals surface area contributed by atoms with Gasteiger partial charge in [0.2, 0.25) is 35.2 Å². The molecule has 0 aliphatic carbocycles. The summed E-state index contributed by atoms with van der Waals surface area (Å²) in [6, 6.07) is 4.24. The van der Waals surface area contributed by atoms with Crippen molar-refractivity contribution in [2.24, 2.45) is 49.3 Å². The highest BCUT2D eigenvalue weighted by atomic mass is 16.4. The quantitative estimate of drug-likeness (QED) is 0.0370. The fourth-order valence-electron chi connectivity index (χ4n) is 8.23. The smallest absolute Gasteiger partial charge is 0.305 e. The minimum Gasteiger partial charge on any atom is -0.481 e. The molecule has 0 unspecified atom stereocenters. The number of aliphatic carboxylic acids is 1. The number of carboxylic acids is 1. The van der Waals surface area contributed by atoms with Gasteiger partial charge in [-0.1, -0.05) is 6.92 Å². The van der Waals surface area contributed by atoms with E-state index in [2.05, 4.69) is 67.9 Å². The van der Waals surface area contributed by atoms with Crippen LogP contribution in [0.1, 0.15) is 113 Å². The molecule has 0 saturated carbocycles. The van der Waals surface area contributed by atoms with Crippen LogP contribution in [0, 0.1) is 0 Å². The van der Waals surface area contributed by atoms with Crippen LogP contribution in [0.25, 0.3) is 0 Å². The van der Waals surface area contributed by atoms with Crippen molar-refractivity contribution in [3.05, 3.63) is 108 Å². The van der Waals surface area contributed by atoms with E-state index in [1.54, 1.807) is 45.0 Å². The van der Waals surface area contributed by atoms with E-state index in [0.717, 1.165) is 5.01 Å². The summed E-state index contributed by atoms with van der Waals surface area (Å²) in [6.45, 7) is 1.43. The zero-order chi connectivity index (χ0) is 61.1. The highest BCUT2D eigenvalue weighted by molar-refractivity contribution is 6.07. The van der Waals surface area contributed by atoms with Crippen molar-refractivity contribution >= 4 is 99.6 Å². The second-order valence-electron chi connectivity index (χ2n) is 19.0. The Labute approximate surface area is 477 Å². The van der Waals surface area contributed by atoms with Crippen LogP contribution >= 0.6 is 0 Å². The molecular formula is C51H61N21O12. The fourth-order valence-corrected chi connectivity index (χ4v) is 8.23. The lowest BCUT2D eigenvalue weighted by molar-refractivity contribution is -0.136. The van der Waals surface area contributed by atoms with Crippen molar-refractivity contribution in [1.29, 1.82) is 0 Å². The third-order valence-electron chi connectivity index (χ3n) is 12.3. The lowest BCUT2D eigenvalue weighted by Crippen LogP contribution is -2.47. The Balaban J connectivity index is 0.876. The first-order valence-corrected chi connectivity index (χ1v) is 25.7. The zero-order valence-corrected chi connectivity index (χ0v) is 46.8. The number of aryl methyl sites for hydroxylation is 7. The molecule has 0 spiro atoms. The van der Waals surface area contributed by atoms with E-state index in [0.29, 0.717) is 12.1 Å². The van der Waals surface area contributed by atoms with Crippen molar-refractivity contribution in [3.8, 4) is 0 Å². The van der Waals surface area contributed by atoms with Gasteiger partial charge in [-0.2, -0.15) is 0 Å². The number of carbonyl (C=O) groups excluding carboxylic acids is 10. The van der Waals surface area contributed by atoms with E-state index in [1.807, 2.05) is 0 Å². The molecule has 0 aliphatic heterocycles. The second-order valence-corrected chi connectivity index (χ2v) is 19.0. The maximum Gasteiger partial charge on any atom is 0.305 e. The van der Waals surface area contributed by atoms with Gasteiger partial charge in [-0.15, -0.1) is 0 Å². The largest absolute Gasteiger partial charge is 0.481 e. The summed E-state index contributed by atoms with van der Waals surface area (Å²) in [5.74, 6) is -7.23. The molecule has 33 heteroatoms. The minimum atomic E-state index is -1.08. The monoisotopic (exact) mass is 1160 g/mol. The summed E-state index contributed by atoms with van der Waals surface area (Å²) in [4.78, 5) is 158. The first-order chi connectivity index (χ1) is 39.9. The molecule has 84 heavy (non-hydrogen) atoms. The minimum absolute atomic E-state index is 0.000485. The van der Waals surface area contributed by atoms with E-state index in [9.17, 15) is 52.7 Å². The Morgan fingerprint density at radius 1 is 0.452 bits per heavy atom. The number of aromatic nitrogens is 11. The maximum atomic E-state index is 13.8. The fraction of sp³-hybridized carbons (Fsp3) is 0.314. The molecule has 0 fully saturated rings. The molecule has 0 aromatic carbocycles. The van der Waals surface area contributed by atoms with Gasteiger partial charge in [-0.05, 0) is 24.6 Å². The van der Waals surface area contributed by atoms with Gasteiger partial charge in [-0.3, -0.25) is 58.2 Å². The molecule has 0 aliphatic rings. The molecule has 0 radical (unpaired) electrons. The molecule has 0 saturated heterocycles. The van der Waals surface area contributed by atoms with Crippen molar-refractivity contribution in [1.82, 2.24) is 73.3 Å². The number of carbonyl (C=O) groups is 11. The summed E-state index contributed by atoms with van der Waals surface area (Å²) in [5, 5.41) is 30.6. The Hall–Kier alpha value is -11.2. The molecule has 33 nitrogen and oxygen atoms in total. The highest BCUT2D eigenvalue weighted by Gasteiger charge is 2.27. The number of nitrogens with one attached hydrogen (secondary N) is 9. The predicted octanol–water partition coefficient (Wildman–Crippen LogP) is 0.593. The molecule has 10 amide bonds. The third kappa shape index (κ3) is 15.0. The normalized spacial score (nSPS) is 10.9. The molecule has 10 N–H and O–H groups in total. The van der Waals surface area contributed by atoms with E-state index in [-0.39, 0.29) is 115 Å². The number of hydrogen-bond donors (Lipinski definition) is 10. The number of carboxylic acid groups (broad SMARTS) is 1. The van der Waals surface area contributed by atoms with Gasteiger partial charge in [0.25, 0.3) is 41.4 Å². The molecule has 7 heterocycles. The Bertz CT molecular complexity index is 3720. The van der Waals surface area contributed by atoms with Gasteiger partial charge in [-0.25, -0.2) is 24.9 Å². The zero-order valence-electron chi connectivity index (χ0n) is 46.8. The average molecular weight is 1160 g/mol. The van der Waals surface area contributed by atoms with E-state index in [1.165, 1.54) is 111 Å². The van der Waals surface area contributed by atoms with Gasteiger partial charge < -0.3 is 79.6 Å². The van der Waals surface area contributed by atoms with Gasteiger partial charge in [0, 0.05) is 132 Å². The topological polar surface area (TPSA) is 406 Å².